The van der Waals surface area contributed by atoms with Crippen molar-refractivity contribution in [3.63, 3.8) is 0 Å². The minimum Gasteiger partial charge on any atom is -0.494 e. The monoisotopic (exact) mass is 756 g/mol. The van der Waals surface area contributed by atoms with Crippen molar-refractivity contribution in [3.05, 3.63) is 71.0 Å². The number of aliphatic hydroxyl groups excluding tert-OH is 3. The molecule has 7 rings (SSSR count). The van der Waals surface area contributed by atoms with E-state index in [0.717, 1.165) is 56.4 Å². The number of pyridine rings is 1. The van der Waals surface area contributed by atoms with Gasteiger partial charge in [0.05, 0.1) is 18.8 Å². The maximum Gasteiger partial charge on any atom is 0.433 e. The number of hydrogen-bond donors (Lipinski definition) is 4. The van der Waals surface area contributed by atoms with E-state index in [1.165, 1.54) is 36.2 Å². The first-order valence-electron chi connectivity index (χ1n) is 18.7. The van der Waals surface area contributed by atoms with Crippen molar-refractivity contribution >= 4 is 5.91 Å². The molecule has 4 aliphatic rings. The van der Waals surface area contributed by atoms with Gasteiger partial charge in [0.25, 0.3) is 5.91 Å². The number of alkyl halides is 3. The fourth-order valence-corrected chi connectivity index (χ4v) is 9.04. The Morgan fingerprint density at radius 1 is 1.00 bits per heavy atom. The van der Waals surface area contributed by atoms with Gasteiger partial charge in [0, 0.05) is 18.7 Å². The summed E-state index contributed by atoms with van der Waals surface area (Å²) in [5, 5.41) is 42.4. The van der Waals surface area contributed by atoms with E-state index >= 15 is 0 Å². The third-order valence-corrected chi connectivity index (χ3v) is 12.0. The molecule has 54 heavy (non-hydrogen) atoms. The van der Waals surface area contributed by atoms with E-state index in [9.17, 15) is 33.3 Å². The lowest BCUT2D eigenvalue weighted by Crippen LogP contribution is -2.60. The fourth-order valence-electron chi connectivity index (χ4n) is 9.04. The fraction of sp³-hybridized carbons (Fsp3) is 0.590. The molecule has 10 atom stereocenters. The summed E-state index contributed by atoms with van der Waals surface area (Å²) in [5.41, 5.74) is 1.74. The summed E-state index contributed by atoms with van der Waals surface area (Å²) < 4.78 is 62.5. The molecule has 1 aromatic carbocycles. The Morgan fingerprint density at radius 3 is 2.61 bits per heavy atom. The molecule has 3 aromatic rings. The van der Waals surface area contributed by atoms with Crippen molar-refractivity contribution in [1.29, 1.82) is 0 Å². The average Bonchev–Trinajstić information content (AvgIpc) is 3.47. The van der Waals surface area contributed by atoms with Crippen LogP contribution < -0.4 is 19.5 Å². The number of amides is 1. The first kappa shape index (κ1) is 38.2. The van der Waals surface area contributed by atoms with Crippen molar-refractivity contribution in [2.24, 2.45) is 17.3 Å². The number of rotatable bonds is 11. The zero-order valence-corrected chi connectivity index (χ0v) is 30.2. The molecule has 2 aromatic heterocycles. The molecule has 3 fully saturated rings. The normalized spacial score (nSPS) is 31.8. The van der Waals surface area contributed by atoms with Gasteiger partial charge < -0.3 is 39.6 Å². The van der Waals surface area contributed by atoms with Crippen molar-refractivity contribution in [2.75, 3.05) is 19.8 Å². The molecule has 1 saturated heterocycles. The van der Waals surface area contributed by atoms with Crippen LogP contribution in [0.3, 0.4) is 0 Å². The van der Waals surface area contributed by atoms with Crippen LogP contribution in [0.25, 0.3) is 0 Å². The minimum absolute atomic E-state index is 0.0209. The van der Waals surface area contributed by atoms with Gasteiger partial charge in [-0.15, -0.1) is 10.2 Å². The number of carbonyl (C=O) groups excluding carboxylic acids is 1. The van der Waals surface area contributed by atoms with Gasteiger partial charge in [-0.3, -0.25) is 4.79 Å². The zero-order chi connectivity index (χ0) is 38.2. The molecular weight excluding hydrogens is 709 g/mol. The first-order chi connectivity index (χ1) is 25.8. The molecule has 15 heteroatoms. The van der Waals surface area contributed by atoms with Crippen LogP contribution in [0.4, 0.5) is 13.2 Å². The number of fused-ring (bicyclic) bond motifs is 5. The van der Waals surface area contributed by atoms with Gasteiger partial charge in [-0.25, -0.2) is 4.98 Å². The third kappa shape index (κ3) is 7.86. The number of nitrogens with one attached hydrogen (secondary N) is 1. The Balaban J connectivity index is 0.860. The summed E-state index contributed by atoms with van der Waals surface area (Å²) in [6.07, 6.45) is -3.99. The first-order valence-corrected chi connectivity index (χ1v) is 18.7. The number of nitrogens with zero attached hydrogens (tertiary/aromatic N) is 3. The molecule has 292 valence electrons. The number of carbonyl (C=O) groups is 1. The summed E-state index contributed by atoms with van der Waals surface area (Å²) in [6, 6.07) is 12.4. The number of benzene rings is 1. The van der Waals surface area contributed by atoms with E-state index in [1.54, 1.807) is 0 Å². The van der Waals surface area contributed by atoms with Crippen LogP contribution in [-0.4, -0.2) is 92.8 Å². The molecule has 0 unspecified atom stereocenters. The quantitative estimate of drug-likeness (QED) is 0.202. The van der Waals surface area contributed by atoms with Gasteiger partial charge >= 0.3 is 6.18 Å². The van der Waals surface area contributed by atoms with Crippen LogP contribution in [0.15, 0.2) is 48.5 Å². The van der Waals surface area contributed by atoms with E-state index in [0.29, 0.717) is 37.3 Å². The second kappa shape index (κ2) is 15.6. The van der Waals surface area contributed by atoms with Gasteiger partial charge in [-0.2, -0.15) is 13.2 Å². The van der Waals surface area contributed by atoms with E-state index in [2.05, 4.69) is 39.6 Å². The smallest absolute Gasteiger partial charge is 0.433 e. The highest BCUT2D eigenvalue weighted by molar-refractivity contribution is 5.92. The van der Waals surface area contributed by atoms with E-state index < -0.39 is 54.2 Å². The molecule has 0 radical (unpaired) electrons. The Labute approximate surface area is 311 Å². The van der Waals surface area contributed by atoms with E-state index in [4.69, 9.17) is 18.9 Å². The van der Waals surface area contributed by atoms with Gasteiger partial charge in [0.15, 0.2) is 11.8 Å². The lowest BCUT2D eigenvalue weighted by molar-refractivity contribution is -0.216. The molecular formula is C39H47F3N4O8. The van der Waals surface area contributed by atoms with Crippen LogP contribution in [0.2, 0.25) is 0 Å². The Morgan fingerprint density at radius 2 is 1.83 bits per heavy atom. The molecule has 12 nitrogen and oxygen atoms in total. The number of aromatic nitrogens is 3. The Kier molecular flexibility index (Phi) is 11.0. The summed E-state index contributed by atoms with van der Waals surface area (Å²) in [4.78, 5) is 16.2. The molecule has 1 aliphatic heterocycles. The molecule has 3 heterocycles. The second-order valence-electron chi connectivity index (χ2n) is 15.2. The van der Waals surface area contributed by atoms with Crippen LogP contribution >= 0.6 is 0 Å². The summed E-state index contributed by atoms with van der Waals surface area (Å²) in [5.74, 6) is 1.78. The molecule has 1 amide bonds. The lowest BCUT2D eigenvalue weighted by Gasteiger charge is -2.50. The minimum atomic E-state index is -4.71. The second-order valence-corrected chi connectivity index (χ2v) is 15.2. The van der Waals surface area contributed by atoms with Crippen LogP contribution in [0.1, 0.15) is 85.6 Å². The molecule has 3 aliphatic carbocycles. The lowest BCUT2D eigenvalue weighted by atomic mass is 9.55. The number of aryl methyl sites for hydroxylation is 1. The Hall–Kier alpha value is -4.05. The SMILES string of the molecule is C[C@H]1O[C@H](COc2ccc(C(=O)NCCCOc3ccc4c(c3)CC[C@@H]3[C@@H]4CC[C@]4(C)[C@@H](O)CC[C@@H]34)nn2)[C@H](Oc2cccc(C(F)(F)F)n2)[C@@H](O)[C@H]1O. The highest BCUT2D eigenvalue weighted by atomic mass is 19.4. The van der Waals surface area contributed by atoms with Crippen molar-refractivity contribution in [3.8, 4) is 17.5 Å². The van der Waals surface area contributed by atoms with E-state index in [-0.39, 0.29) is 29.7 Å². The molecule has 0 spiro atoms. The third-order valence-electron chi connectivity index (χ3n) is 12.0. The maximum absolute atomic E-state index is 13.2. The van der Waals surface area contributed by atoms with Gasteiger partial charge in [-0.1, -0.05) is 19.1 Å². The number of hydrogen-bond acceptors (Lipinski definition) is 11. The number of aliphatic hydroxyl groups is 3. The standard InChI is InChI=1S/C39H47F3N4O8/c1-21-34(48)35(49)36(54-32-6-3-5-30(44-32)39(40,41)42)29(53-21)20-52-33-14-12-28(45-46-33)37(50)43-17-4-18-51-23-8-10-24-22(19-23)7-9-26-25(24)15-16-38(2)27(26)11-13-31(38)47/h3,5-6,8,10,12,14,19,21,25-27,29,31,34-36,47-49H,4,7,9,11,13,15-18,20H2,1-2H3,(H,43,50)/t21-,25-,26-,27+,29-,31+,34+,35+,36+,38+/m1/s1. The van der Waals surface area contributed by atoms with Crippen molar-refractivity contribution in [1.82, 2.24) is 20.5 Å². The van der Waals surface area contributed by atoms with Crippen molar-refractivity contribution in [2.45, 2.75) is 108 Å². The van der Waals surface area contributed by atoms with Gasteiger partial charge in [0.2, 0.25) is 11.8 Å². The van der Waals surface area contributed by atoms with Crippen molar-refractivity contribution < 1.29 is 52.2 Å². The van der Waals surface area contributed by atoms with E-state index in [1.807, 2.05) is 6.07 Å². The highest BCUT2D eigenvalue weighted by Crippen LogP contribution is 2.61. The average molecular weight is 757 g/mol. The molecule has 0 bridgehead atoms. The van der Waals surface area contributed by atoms with Crippen LogP contribution in [0, 0.1) is 17.3 Å². The summed E-state index contributed by atoms with van der Waals surface area (Å²) >= 11 is 0. The largest absolute Gasteiger partial charge is 0.494 e. The molecule has 2 saturated carbocycles. The predicted octanol–water partition coefficient (Wildman–Crippen LogP) is 4.64. The highest BCUT2D eigenvalue weighted by Gasteiger charge is 2.54. The van der Waals surface area contributed by atoms with Crippen LogP contribution in [0.5, 0.6) is 17.5 Å². The Bertz CT molecular complexity index is 1780. The van der Waals surface area contributed by atoms with Gasteiger partial charge in [-0.05, 0) is 110 Å². The summed E-state index contributed by atoms with van der Waals surface area (Å²) in [7, 11) is 0. The topological polar surface area (TPSA) is 165 Å². The van der Waals surface area contributed by atoms with Crippen LogP contribution in [-0.2, 0) is 17.3 Å². The number of halogens is 3. The van der Waals surface area contributed by atoms with Gasteiger partial charge in [0.1, 0.15) is 36.4 Å². The predicted molar refractivity (Wildman–Crippen MR) is 187 cm³/mol. The number of ether oxygens (including phenoxy) is 4. The molecule has 4 N–H and O–H groups in total. The zero-order valence-electron chi connectivity index (χ0n) is 30.2. The maximum atomic E-state index is 13.2. The summed E-state index contributed by atoms with van der Waals surface area (Å²) in [6.45, 7) is 4.32.